The van der Waals surface area contributed by atoms with Crippen LogP contribution in [-0.4, -0.2) is 29.4 Å². The van der Waals surface area contributed by atoms with Crippen LogP contribution in [0.25, 0.3) is 0 Å². The summed E-state index contributed by atoms with van der Waals surface area (Å²) in [5, 5.41) is 0. The van der Waals surface area contributed by atoms with Gasteiger partial charge in [-0.1, -0.05) is 17.7 Å². The fourth-order valence-electron chi connectivity index (χ4n) is 2.27. The summed E-state index contributed by atoms with van der Waals surface area (Å²) in [4.78, 5) is 27.3. The van der Waals surface area contributed by atoms with E-state index >= 15 is 0 Å². The number of rotatable bonds is 2. The molecule has 0 saturated carbocycles. The normalized spacial score (nSPS) is 20.5. The number of amides is 3. The highest BCUT2D eigenvalue weighted by atomic mass is 16.2. The van der Waals surface area contributed by atoms with Crippen LogP contribution in [0.4, 0.5) is 10.5 Å². The second-order valence-corrected chi connectivity index (χ2v) is 4.69. The van der Waals surface area contributed by atoms with Crippen molar-refractivity contribution < 1.29 is 9.59 Å². The second-order valence-electron chi connectivity index (χ2n) is 4.69. The van der Waals surface area contributed by atoms with Crippen LogP contribution in [0.3, 0.4) is 0 Å². The molecule has 1 aromatic carbocycles. The van der Waals surface area contributed by atoms with E-state index in [1.165, 1.54) is 4.90 Å². The molecule has 1 saturated heterocycles. The Kier molecular flexibility index (Phi) is 3.36. The number of hydrogen-bond acceptors (Lipinski definition) is 2. The summed E-state index contributed by atoms with van der Waals surface area (Å²) >= 11 is 0. The quantitative estimate of drug-likeness (QED) is 0.804. The molecule has 18 heavy (non-hydrogen) atoms. The minimum Gasteiger partial charge on any atom is -0.321 e. The molecule has 0 radical (unpaired) electrons. The van der Waals surface area contributed by atoms with Gasteiger partial charge < -0.3 is 4.90 Å². The Morgan fingerprint density at radius 3 is 2.39 bits per heavy atom. The average molecular weight is 246 g/mol. The summed E-state index contributed by atoms with van der Waals surface area (Å²) < 4.78 is 0. The van der Waals surface area contributed by atoms with E-state index < -0.39 is 0 Å². The lowest BCUT2D eigenvalue weighted by molar-refractivity contribution is -0.120. The van der Waals surface area contributed by atoms with E-state index in [9.17, 15) is 9.59 Å². The van der Waals surface area contributed by atoms with Crippen LogP contribution < -0.4 is 4.90 Å². The van der Waals surface area contributed by atoms with Gasteiger partial charge in [0.25, 0.3) is 0 Å². The lowest BCUT2D eigenvalue weighted by Gasteiger charge is -2.38. The van der Waals surface area contributed by atoms with Gasteiger partial charge in [0.05, 0.1) is 5.69 Å². The van der Waals surface area contributed by atoms with Gasteiger partial charge in [0, 0.05) is 19.0 Å². The molecule has 96 valence electrons. The molecule has 1 aromatic rings. The van der Waals surface area contributed by atoms with Crippen LogP contribution in [-0.2, 0) is 4.79 Å². The third-order valence-electron chi connectivity index (χ3n) is 3.32. The first kappa shape index (κ1) is 12.6. The summed E-state index contributed by atoms with van der Waals surface area (Å²) in [7, 11) is 0. The number of anilines is 1. The van der Waals surface area contributed by atoms with Crippen molar-refractivity contribution in [3.05, 3.63) is 29.8 Å². The smallest absolute Gasteiger partial charge is 0.321 e. The highest BCUT2D eigenvalue weighted by Gasteiger charge is 2.36. The third kappa shape index (κ3) is 2.10. The Balaban J connectivity index is 2.33. The Labute approximate surface area is 107 Å². The Morgan fingerprint density at radius 1 is 1.22 bits per heavy atom. The summed E-state index contributed by atoms with van der Waals surface area (Å²) in [5.41, 5.74) is 1.76. The molecule has 3 amide bonds. The SMILES string of the molecule is CCN1C(=O)N(c2ccc(C)cc2)C(=O)CC1C. The van der Waals surface area contributed by atoms with Crippen LogP contribution in [0.15, 0.2) is 24.3 Å². The molecule has 1 aliphatic rings. The zero-order valence-corrected chi connectivity index (χ0v) is 11.0. The van der Waals surface area contributed by atoms with Gasteiger partial charge in [0.2, 0.25) is 5.91 Å². The summed E-state index contributed by atoms with van der Waals surface area (Å²) in [5.74, 6) is -0.124. The predicted molar refractivity (Wildman–Crippen MR) is 70.5 cm³/mol. The first-order valence-corrected chi connectivity index (χ1v) is 6.24. The fourth-order valence-corrected chi connectivity index (χ4v) is 2.27. The van der Waals surface area contributed by atoms with Gasteiger partial charge in [-0.2, -0.15) is 0 Å². The fraction of sp³-hybridized carbons (Fsp3) is 0.429. The number of nitrogens with zero attached hydrogens (tertiary/aromatic N) is 2. The topological polar surface area (TPSA) is 40.6 Å². The van der Waals surface area contributed by atoms with E-state index in [0.717, 1.165) is 5.56 Å². The van der Waals surface area contributed by atoms with Crippen LogP contribution in [0.2, 0.25) is 0 Å². The van der Waals surface area contributed by atoms with Crippen molar-refractivity contribution in [3.63, 3.8) is 0 Å². The number of hydrogen-bond donors (Lipinski definition) is 0. The number of carbonyl (C=O) groups excluding carboxylic acids is 2. The minimum absolute atomic E-state index is 0.0169. The number of benzene rings is 1. The van der Waals surface area contributed by atoms with Crippen molar-refractivity contribution in [3.8, 4) is 0 Å². The average Bonchev–Trinajstić information content (AvgIpc) is 2.31. The van der Waals surface area contributed by atoms with Crippen molar-refractivity contribution in [2.24, 2.45) is 0 Å². The Morgan fingerprint density at radius 2 is 1.83 bits per heavy atom. The minimum atomic E-state index is -0.217. The number of imide groups is 1. The van der Waals surface area contributed by atoms with E-state index in [0.29, 0.717) is 18.7 Å². The van der Waals surface area contributed by atoms with Crippen LogP contribution in [0, 0.1) is 6.92 Å². The third-order valence-corrected chi connectivity index (χ3v) is 3.32. The maximum Gasteiger partial charge on any atom is 0.331 e. The molecule has 0 aromatic heterocycles. The molecule has 1 aliphatic heterocycles. The molecule has 4 heteroatoms. The zero-order valence-electron chi connectivity index (χ0n) is 11.0. The van der Waals surface area contributed by atoms with E-state index in [-0.39, 0.29) is 18.0 Å². The lowest BCUT2D eigenvalue weighted by atomic mass is 10.1. The molecular formula is C14H18N2O2. The van der Waals surface area contributed by atoms with Crippen molar-refractivity contribution in [2.75, 3.05) is 11.4 Å². The van der Waals surface area contributed by atoms with Gasteiger partial charge in [-0.3, -0.25) is 4.79 Å². The van der Waals surface area contributed by atoms with E-state index in [1.807, 2.05) is 45.0 Å². The van der Waals surface area contributed by atoms with E-state index in [1.54, 1.807) is 4.90 Å². The molecule has 1 fully saturated rings. The summed E-state index contributed by atoms with van der Waals surface area (Å²) in [6.07, 6.45) is 0.382. The van der Waals surface area contributed by atoms with Crippen LogP contribution in [0.5, 0.6) is 0 Å². The van der Waals surface area contributed by atoms with Gasteiger partial charge >= 0.3 is 6.03 Å². The molecule has 4 nitrogen and oxygen atoms in total. The predicted octanol–water partition coefficient (Wildman–Crippen LogP) is 2.56. The van der Waals surface area contributed by atoms with Crippen LogP contribution >= 0.6 is 0 Å². The summed E-state index contributed by atoms with van der Waals surface area (Å²) in [6.45, 7) is 6.43. The number of carbonyl (C=O) groups is 2. The van der Waals surface area contributed by atoms with Gasteiger partial charge in [0.1, 0.15) is 0 Å². The molecule has 1 heterocycles. The van der Waals surface area contributed by atoms with Gasteiger partial charge in [0.15, 0.2) is 0 Å². The largest absolute Gasteiger partial charge is 0.331 e. The van der Waals surface area contributed by atoms with Crippen molar-refractivity contribution in [2.45, 2.75) is 33.2 Å². The van der Waals surface area contributed by atoms with Crippen LogP contribution in [0.1, 0.15) is 25.8 Å². The van der Waals surface area contributed by atoms with Gasteiger partial charge in [-0.05, 0) is 32.9 Å². The van der Waals surface area contributed by atoms with E-state index in [4.69, 9.17) is 0 Å². The molecular weight excluding hydrogens is 228 g/mol. The maximum absolute atomic E-state index is 12.3. The monoisotopic (exact) mass is 246 g/mol. The molecule has 0 aliphatic carbocycles. The first-order chi connectivity index (χ1) is 8.54. The number of aryl methyl sites for hydroxylation is 1. The summed E-state index contributed by atoms with van der Waals surface area (Å²) in [6, 6.07) is 7.21. The highest BCUT2D eigenvalue weighted by Crippen LogP contribution is 2.24. The molecule has 1 unspecified atom stereocenters. The van der Waals surface area contributed by atoms with Gasteiger partial charge in [-0.25, -0.2) is 9.69 Å². The lowest BCUT2D eigenvalue weighted by Crippen LogP contribution is -2.56. The molecule has 0 N–H and O–H groups in total. The highest BCUT2D eigenvalue weighted by molar-refractivity contribution is 6.16. The standard InChI is InChI=1S/C14H18N2O2/c1-4-15-11(3)9-13(17)16(14(15)18)12-7-5-10(2)6-8-12/h5-8,11H,4,9H2,1-3H3. The number of urea groups is 1. The second kappa shape index (κ2) is 4.80. The Bertz CT molecular complexity index is 467. The maximum atomic E-state index is 12.3. The Hall–Kier alpha value is -1.84. The molecule has 2 rings (SSSR count). The van der Waals surface area contributed by atoms with Crippen molar-refractivity contribution in [1.82, 2.24) is 4.90 Å². The first-order valence-electron chi connectivity index (χ1n) is 6.24. The van der Waals surface area contributed by atoms with Crippen molar-refractivity contribution >= 4 is 17.6 Å². The molecule has 0 bridgehead atoms. The molecule has 0 spiro atoms. The van der Waals surface area contributed by atoms with E-state index in [2.05, 4.69) is 0 Å². The van der Waals surface area contributed by atoms with Crippen molar-refractivity contribution in [1.29, 1.82) is 0 Å². The van der Waals surface area contributed by atoms with Gasteiger partial charge in [-0.15, -0.1) is 0 Å². The molecule has 1 atom stereocenters. The zero-order chi connectivity index (χ0) is 13.3.